The Morgan fingerprint density at radius 2 is 1.70 bits per heavy atom. The van der Waals surface area contributed by atoms with Gasteiger partial charge in [0, 0.05) is 29.9 Å². The van der Waals surface area contributed by atoms with E-state index in [0.717, 1.165) is 35.7 Å². The summed E-state index contributed by atoms with van der Waals surface area (Å²) in [6, 6.07) is 17.7. The molecule has 5 nitrogen and oxygen atoms in total. The first-order chi connectivity index (χ1) is 13.2. The molecule has 138 valence electrons. The molecule has 2 N–H and O–H groups in total. The van der Waals surface area contributed by atoms with E-state index in [0.29, 0.717) is 5.56 Å². The van der Waals surface area contributed by atoms with Gasteiger partial charge in [0.2, 0.25) is 0 Å². The average Bonchev–Trinajstić information content (AvgIpc) is 3.09. The molecule has 1 fully saturated rings. The number of aryl methyl sites for hydroxylation is 1. The predicted octanol–water partition coefficient (Wildman–Crippen LogP) is 4.63. The molecule has 1 aromatic heterocycles. The Kier molecular flexibility index (Phi) is 4.92. The highest BCUT2D eigenvalue weighted by Gasteiger charge is 2.17. The van der Waals surface area contributed by atoms with Gasteiger partial charge >= 0.3 is 0 Å². The van der Waals surface area contributed by atoms with Gasteiger partial charge in [-0.3, -0.25) is 9.89 Å². The minimum atomic E-state index is -0.133. The van der Waals surface area contributed by atoms with E-state index < -0.39 is 0 Å². The summed E-state index contributed by atoms with van der Waals surface area (Å²) >= 11 is 0. The zero-order valence-corrected chi connectivity index (χ0v) is 15.5. The van der Waals surface area contributed by atoms with E-state index >= 15 is 0 Å². The molecule has 4 rings (SSSR count). The number of benzene rings is 2. The van der Waals surface area contributed by atoms with Crippen molar-refractivity contribution in [3.8, 4) is 11.3 Å². The molecule has 27 heavy (non-hydrogen) atoms. The van der Waals surface area contributed by atoms with Gasteiger partial charge in [-0.15, -0.1) is 0 Å². The van der Waals surface area contributed by atoms with Crippen molar-refractivity contribution in [2.75, 3.05) is 23.3 Å². The summed E-state index contributed by atoms with van der Waals surface area (Å²) in [5, 5.41) is 10.4. The molecule has 0 bridgehead atoms. The van der Waals surface area contributed by atoms with Crippen LogP contribution >= 0.6 is 0 Å². The van der Waals surface area contributed by atoms with Gasteiger partial charge in [0.1, 0.15) is 5.69 Å². The highest BCUT2D eigenvalue weighted by atomic mass is 16.1. The van der Waals surface area contributed by atoms with Crippen LogP contribution in [0.5, 0.6) is 0 Å². The number of nitrogens with zero attached hydrogens (tertiary/aromatic N) is 2. The third-order valence-electron chi connectivity index (χ3n) is 5.08. The molecule has 0 aliphatic carbocycles. The zero-order valence-electron chi connectivity index (χ0n) is 15.5. The smallest absolute Gasteiger partial charge is 0.255 e. The van der Waals surface area contributed by atoms with Crippen molar-refractivity contribution in [2.24, 2.45) is 0 Å². The third-order valence-corrected chi connectivity index (χ3v) is 5.08. The molecule has 0 unspecified atom stereocenters. The Bertz CT molecular complexity index is 909. The average molecular weight is 360 g/mol. The van der Waals surface area contributed by atoms with Crippen LogP contribution in [-0.4, -0.2) is 29.2 Å². The Balaban J connectivity index is 1.57. The lowest BCUT2D eigenvalue weighted by Crippen LogP contribution is -2.29. The summed E-state index contributed by atoms with van der Waals surface area (Å²) in [6.45, 7) is 4.16. The molecular formula is C22H24N4O. The molecule has 1 aliphatic rings. The number of piperidine rings is 1. The maximum Gasteiger partial charge on any atom is 0.255 e. The third kappa shape index (κ3) is 3.72. The van der Waals surface area contributed by atoms with E-state index in [1.807, 2.05) is 25.1 Å². The molecule has 2 heterocycles. The van der Waals surface area contributed by atoms with E-state index in [4.69, 9.17) is 0 Å². The van der Waals surface area contributed by atoms with Crippen LogP contribution in [0.4, 0.5) is 11.4 Å². The van der Waals surface area contributed by atoms with Gasteiger partial charge < -0.3 is 10.2 Å². The summed E-state index contributed by atoms with van der Waals surface area (Å²) in [4.78, 5) is 15.0. The van der Waals surface area contributed by atoms with Crippen molar-refractivity contribution in [2.45, 2.75) is 26.2 Å². The highest BCUT2D eigenvalue weighted by Crippen LogP contribution is 2.31. The number of carbonyl (C=O) groups is 1. The lowest BCUT2D eigenvalue weighted by atomic mass is 10.1. The lowest BCUT2D eigenvalue weighted by Gasteiger charge is -2.28. The van der Waals surface area contributed by atoms with Gasteiger partial charge in [0.25, 0.3) is 5.91 Å². The maximum absolute atomic E-state index is 12.5. The first-order valence-electron chi connectivity index (χ1n) is 9.49. The standard InChI is InChI=1S/C22H24N4O/c1-16-20(23-22(27)18-8-4-2-5-9-18)21(25-24-16)17-10-12-19(13-11-17)26-14-6-3-7-15-26/h2,4-5,8-13H,3,6-7,14-15H2,1H3,(H,23,27)(H,24,25). The van der Waals surface area contributed by atoms with Gasteiger partial charge in [-0.1, -0.05) is 30.3 Å². The van der Waals surface area contributed by atoms with E-state index in [1.165, 1.54) is 24.9 Å². The number of carbonyl (C=O) groups excluding carboxylic acids is 1. The van der Waals surface area contributed by atoms with Crippen LogP contribution in [0.25, 0.3) is 11.3 Å². The summed E-state index contributed by atoms with van der Waals surface area (Å²) in [5.74, 6) is -0.133. The number of nitrogens with one attached hydrogen (secondary N) is 2. The molecule has 0 spiro atoms. The van der Waals surface area contributed by atoms with Gasteiger partial charge in [-0.2, -0.15) is 5.10 Å². The monoisotopic (exact) mass is 360 g/mol. The topological polar surface area (TPSA) is 61.0 Å². The molecule has 1 aliphatic heterocycles. The maximum atomic E-state index is 12.5. The molecular weight excluding hydrogens is 336 g/mol. The molecule has 0 saturated carbocycles. The lowest BCUT2D eigenvalue weighted by molar-refractivity contribution is 0.102. The first-order valence-corrected chi connectivity index (χ1v) is 9.49. The number of amides is 1. The fourth-order valence-electron chi connectivity index (χ4n) is 3.55. The number of hydrogen-bond donors (Lipinski definition) is 2. The van der Waals surface area contributed by atoms with Crippen LogP contribution in [-0.2, 0) is 0 Å². The number of H-pyrrole nitrogens is 1. The quantitative estimate of drug-likeness (QED) is 0.713. The van der Waals surface area contributed by atoms with Crippen molar-refractivity contribution in [1.82, 2.24) is 10.2 Å². The van der Waals surface area contributed by atoms with Crippen LogP contribution in [0.1, 0.15) is 35.3 Å². The molecule has 2 aromatic carbocycles. The van der Waals surface area contributed by atoms with E-state index in [1.54, 1.807) is 12.1 Å². The second-order valence-electron chi connectivity index (χ2n) is 6.99. The van der Waals surface area contributed by atoms with Crippen molar-refractivity contribution in [3.05, 3.63) is 65.9 Å². The highest BCUT2D eigenvalue weighted by molar-refractivity contribution is 6.06. The minimum Gasteiger partial charge on any atom is -0.372 e. The number of rotatable bonds is 4. The van der Waals surface area contributed by atoms with Gasteiger partial charge in [-0.05, 0) is 50.5 Å². The first kappa shape index (κ1) is 17.3. The number of anilines is 2. The number of aromatic nitrogens is 2. The minimum absolute atomic E-state index is 0.133. The van der Waals surface area contributed by atoms with Crippen molar-refractivity contribution < 1.29 is 4.79 Å². The second kappa shape index (κ2) is 7.66. The van der Waals surface area contributed by atoms with Crippen molar-refractivity contribution in [1.29, 1.82) is 0 Å². The fraction of sp³-hybridized carbons (Fsp3) is 0.273. The van der Waals surface area contributed by atoms with Crippen molar-refractivity contribution >= 4 is 17.3 Å². The molecule has 3 aromatic rings. The van der Waals surface area contributed by atoms with E-state index in [9.17, 15) is 4.79 Å². The van der Waals surface area contributed by atoms with Crippen LogP contribution in [0.3, 0.4) is 0 Å². The summed E-state index contributed by atoms with van der Waals surface area (Å²) < 4.78 is 0. The number of hydrogen-bond acceptors (Lipinski definition) is 3. The zero-order chi connectivity index (χ0) is 18.6. The summed E-state index contributed by atoms with van der Waals surface area (Å²) in [6.07, 6.45) is 3.84. The molecule has 1 amide bonds. The van der Waals surface area contributed by atoms with Crippen molar-refractivity contribution in [3.63, 3.8) is 0 Å². The van der Waals surface area contributed by atoms with Gasteiger partial charge in [-0.25, -0.2) is 0 Å². The molecule has 0 radical (unpaired) electrons. The molecule has 1 saturated heterocycles. The Morgan fingerprint density at radius 1 is 1.00 bits per heavy atom. The Morgan fingerprint density at radius 3 is 2.41 bits per heavy atom. The van der Waals surface area contributed by atoms with Crippen LogP contribution in [0.2, 0.25) is 0 Å². The second-order valence-corrected chi connectivity index (χ2v) is 6.99. The van der Waals surface area contributed by atoms with Crippen LogP contribution in [0.15, 0.2) is 54.6 Å². The number of aromatic amines is 1. The Labute approximate surface area is 159 Å². The molecule has 0 atom stereocenters. The van der Waals surface area contributed by atoms with Crippen LogP contribution < -0.4 is 10.2 Å². The Hall–Kier alpha value is -3.08. The van der Waals surface area contributed by atoms with Gasteiger partial charge in [0.05, 0.1) is 11.4 Å². The van der Waals surface area contributed by atoms with E-state index in [-0.39, 0.29) is 5.91 Å². The largest absolute Gasteiger partial charge is 0.372 e. The normalized spacial score (nSPS) is 14.2. The van der Waals surface area contributed by atoms with E-state index in [2.05, 4.69) is 44.7 Å². The van der Waals surface area contributed by atoms with Gasteiger partial charge in [0.15, 0.2) is 0 Å². The summed E-state index contributed by atoms with van der Waals surface area (Å²) in [5.41, 5.74) is 5.21. The SMILES string of the molecule is Cc1[nH]nc(-c2ccc(N3CCCCC3)cc2)c1NC(=O)c1ccccc1. The fourth-order valence-corrected chi connectivity index (χ4v) is 3.55. The summed E-state index contributed by atoms with van der Waals surface area (Å²) in [7, 11) is 0. The predicted molar refractivity (Wildman–Crippen MR) is 109 cm³/mol. The molecule has 5 heteroatoms. The van der Waals surface area contributed by atoms with Crippen LogP contribution in [0, 0.1) is 6.92 Å².